The van der Waals surface area contributed by atoms with E-state index in [-0.39, 0.29) is 11.9 Å². The van der Waals surface area contributed by atoms with Crippen LogP contribution in [0.5, 0.6) is 0 Å². The Morgan fingerprint density at radius 3 is 2.69 bits per heavy atom. The summed E-state index contributed by atoms with van der Waals surface area (Å²) in [5.74, 6) is 0.444. The lowest BCUT2D eigenvalue weighted by Gasteiger charge is -2.07. The quantitative estimate of drug-likeness (QED) is 0.460. The first-order valence-corrected chi connectivity index (χ1v) is 9.05. The summed E-state index contributed by atoms with van der Waals surface area (Å²) in [7, 11) is 0. The Kier molecular flexibility index (Phi) is 6.18. The molecule has 3 rings (SSSR count). The van der Waals surface area contributed by atoms with Crippen LogP contribution in [0.25, 0.3) is 11.1 Å². The van der Waals surface area contributed by atoms with E-state index in [1.165, 1.54) is 0 Å². The molecule has 0 aliphatic heterocycles. The molecule has 0 saturated heterocycles. The fraction of sp³-hybridized carbons (Fsp3) is 0.0909. The van der Waals surface area contributed by atoms with Gasteiger partial charge in [-0.3, -0.25) is 4.79 Å². The molecule has 0 atom stereocenters. The van der Waals surface area contributed by atoms with Crippen LogP contribution in [0.4, 0.5) is 11.5 Å². The number of para-hydroxylation sites is 1. The first-order valence-electron chi connectivity index (χ1n) is 9.05. The van der Waals surface area contributed by atoms with Gasteiger partial charge in [0.2, 0.25) is 0 Å². The number of nitrogens with zero attached hydrogens (tertiary/aromatic N) is 3. The second kappa shape index (κ2) is 9.15. The number of benzene rings is 2. The van der Waals surface area contributed by atoms with Crippen LogP contribution in [0.3, 0.4) is 0 Å². The highest BCUT2D eigenvalue weighted by atomic mass is 16.1. The van der Waals surface area contributed by atoms with Gasteiger partial charge in [0.25, 0.3) is 5.91 Å². The van der Waals surface area contributed by atoms with Gasteiger partial charge in [0, 0.05) is 23.9 Å². The Balaban J connectivity index is 1.77. The summed E-state index contributed by atoms with van der Waals surface area (Å²) in [5.41, 5.74) is 9.32. The maximum Gasteiger partial charge on any atom is 0.251 e. The summed E-state index contributed by atoms with van der Waals surface area (Å²) in [6.07, 6.45) is 1.67. The van der Waals surface area contributed by atoms with E-state index >= 15 is 0 Å². The summed E-state index contributed by atoms with van der Waals surface area (Å²) < 4.78 is 0. The molecule has 0 spiro atoms. The number of carbonyl (C=O) groups excluding carboxylic acids is 1. The summed E-state index contributed by atoms with van der Waals surface area (Å²) in [6.45, 7) is 2.45. The average Bonchev–Trinajstić information content (AvgIpc) is 2.75. The molecule has 3 aromatic rings. The van der Waals surface area contributed by atoms with Gasteiger partial charge in [-0.1, -0.05) is 24.3 Å². The summed E-state index contributed by atoms with van der Waals surface area (Å²) in [5, 5.41) is 14.8. The fourth-order valence-corrected chi connectivity index (χ4v) is 2.70. The molecule has 7 nitrogen and oxygen atoms in total. The maximum absolute atomic E-state index is 12.0. The Labute approximate surface area is 168 Å². The number of hydrogen-bond donors (Lipinski definition) is 3. The van der Waals surface area contributed by atoms with Crippen molar-refractivity contribution in [2.45, 2.75) is 6.92 Å². The van der Waals surface area contributed by atoms with Crippen LogP contribution in [0.1, 0.15) is 22.8 Å². The number of rotatable bonds is 5. The molecule has 0 saturated carbocycles. The molecule has 0 fully saturated rings. The second-order valence-electron chi connectivity index (χ2n) is 6.12. The van der Waals surface area contributed by atoms with Crippen LogP contribution >= 0.6 is 0 Å². The smallest absolute Gasteiger partial charge is 0.251 e. The number of aromatic nitrogens is 1. The van der Waals surface area contributed by atoms with Gasteiger partial charge in [-0.05, 0) is 48.9 Å². The highest BCUT2D eigenvalue weighted by molar-refractivity contribution is 5.96. The normalized spacial score (nSPS) is 10.8. The third-order valence-electron chi connectivity index (χ3n) is 4.09. The number of anilines is 1. The predicted molar refractivity (Wildman–Crippen MR) is 114 cm³/mol. The SMILES string of the molecule is CCNC(=O)c1cccc(-c2ccc(N=C(N)Nc3ccccc3C#N)nc2)c1. The molecular weight excluding hydrogens is 364 g/mol. The molecule has 0 unspecified atom stereocenters. The van der Waals surface area contributed by atoms with Crippen LogP contribution in [0.15, 0.2) is 71.9 Å². The Morgan fingerprint density at radius 2 is 1.97 bits per heavy atom. The van der Waals surface area contributed by atoms with Crippen molar-refractivity contribution in [2.75, 3.05) is 11.9 Å². The molecule has 0 radical (unpaired) electrons. The predicted octanol–water partition coefficient (Wildman–Crippen LogP) is 3.43. The van der Waals surface area contributed by atoms with Gasteiger partial charge in [-0.15, -0.1) is 0 Å². The minimum absolute atomic E-state index is 0.111. The van der Waals surface area contributed by atoms with Crippen molar-refractivity contribution in [3.63, 3.8) is 0 Å². The van der Waals surface area contributed by atoms with Gasteiger partial charge in [-0.25, -0.2) is 4.98 Å². The van der Waals surface area contributed by atoms with E-state index < -0.39 is 0 Å². The van der Waals surface area contributed by atoms with Crippen LogP contribution in [-0.4, -0.2) is 23.4 Å². The molecule has 0 aliphatic rings. The number of hydrogen-bond acceptors (Lipinski definition) is 4. The lowest BCUT2D eigenvalue weighted by atomic mass is 10.0. The third kappa shape index (κ3) is 4.96. The van der Waals surface area contributed by atoms with Gasteiger partial charge in [-0.2, -0.15) is 10.3 Å². The molecule has 0 aliphatic carbocycles. The summed E-state index contributed by atoms with van der Waals surface area (Å²) in [6, 6.07) is 20.0. The van der Waals surface area contributed by atoms with E-state index in [9.17, 15) is 4.79 Å². The van der Waals surface area contributed by atoms with Crippen LogP contribution in [0.2, 0.25) is 0 Å². The molecule has 2 aromatic carbocycles. The van der Waals surface area contributed by atoms with E-state index in [0.717, 1.165) is 11.1 Å². The van der Waals surface area contributed by atoms with Gasteiger partial charge in [0.05, 0.1) is 11.3 Å². The molecule has 7 heteroatoms. The van der Waals surface area contributed by atoms with E-state index in [1.807, 2.05) is 31.2 Å². The average molecular weight is 384 g/mol. The molecular formula is C22H20N6O. The maximum atomic E-state index is 12.0. The van der Waals surface area contributed by atoms with Gasteiger partial charge >= 0.3 is 0 Å². The van der Waals surface area contributed by atoms with E-state index in [1.54, 1.807) is 42.6 Å². The molecule has 4 N–H and O–H groups in total. The summed E-state index contributed by atoms with van der Waals surface area (Å²) in [4.78, 5) is 20.6. The first-order chi connectivity index (χ1) is 14.1. The number of amides is 1. The standard InChI is InChI=1S/C22H20N6O/c1-2-25-21(29)16-8-5-7-15(12-16)18-10-11-20(26-14-18)28-22(24)27-19-9-4-3-6-17(19)13-23/h3-12,14H,2H2,1H3,(H,25,29)(H3,24,26,27,28). The fourth-order valence-electron chi connectivity index (χ4n) is 2.70. The van der Waals surface area contributed by atoms with Crippen molar-refractivity contribution in [2.24, 2.45) is 10.7 Å². The van der Waals surface area contributed by atoms with Crippen molar-refractivity contribution in [3.8, 4) is 17.2 Å². The lowest BCUT2D eigenvalue weighted by molar-refractivity contribution is 0.0956. The minimum atomic E-state index is -0.111. The van der Waals surface area contributed by atoms with Crippen LogP contribution in [0, 0.1) is 11.3 Å². The molecule has 144 valence electrons. The zero-order chi connectivity index (χ0) is 20.6. The number of carbonyl (C=O) groups is 1. The molecule has 1 amide bonds. The number of aliphatic imine (C=N–C) groups is 1. The Hall–Kier alpha value is -4.18. The van der Waals surface area contributed by atoms with Crippen LogP contribution < -0.4 is 16.4 Å². The Morgan fingerprint density at radius 1 is 1.14 bits per heavy atom. The van der Waals surface area contributed by atoms with E-state index in [0.29, 0.717) is 29.2 Å². The first kappa shape index (κ1) is 19.6. The van der Waals surface area contributed by atoms with E-state index in [2.05, 4.69) is 26.7 Å². The molecule has 0 bridgehead atoms. The number of guanidine groups is 1. The van der Waals surface area contributed by atoms with Gasteiger partial charge < -0.3 is 16.4 Å². The van der Waals surface area contributed by atoms with Crippen molar-refractivity contribution < 1.29 is 4.79 Å². The topological polar surface area (TPSA) is 116 Å². The monoisotopic (exact) mass is 384 g/mol. The second-order valence-corrected chi connectivity index (χ2v) is 6.12. The highest BCUT2D eigenvalue weighted by Gasteiger charge is 2.07. The van der Waals surface area contributed by atoms with E-state index in [4.69, 9.17) is 11.0 Å². The number of nitrogens with two attached hydrogens (primary N) is 1. The third-order valence-corrected chi connectivity index (χ3v) is 4.09. The zero-order valence-electron chi connectivity index (χ0n) is 15.9. The lowest BCUT2D eigenvalue weighted by Crippen LogP contribution is -2.22. The largest absolute Gasteiger partial charge is 0.369 e. The molecule has 1 heterocycles. The molecule has 29 heavy (non-hydrogen) atoms. The number of nitriles is 1. The minimum Gasteiger partial charge on any atom is -0.369 e. The highest BCUT2D eigenvalue weighted by Crippen LogP contribution is 2.22. The van der Waals surface area contributed by atoms with Crippen molar-refractivity contribution in [1.29, 1.82) is 5.26 Å². The Bertz CT molecular complexity index is 1080. The van der Waals surface area contributed by atoms with Crippen molar-refractivity contribution in [1.82, 2.24) is 10.3 Å². The van der Waals surface area contributed by atoms with Crippen molar-refractivity contribution >= 4 is 23.4 Å². The number of pyridine rings is 1. The van der Waals surface area contributed by atoms with Gasteiger partial charge in [0.15, 0.2) is 11.8 Å². The summed E-state index contributed by atoms with van der Waals surface area (Å²) >= 11 is 0. The number of nitrogens with one attached hydrogen (secondary N) is 2. The van der Waals surface area contributed by atoms with Gasteiger partial charge in [0.1, 0.15) is 6.07 Å². The molecule has 1 aromatic heterocycles. The zero-order valence-corrected chi connectivity index (χ0v) is 15.9. The van der Waals surface area contributed by atoms with Crippen molar-refractivity contribution in [3.05, 3.63) is 78.0 Å². The van der Waals surface area contributed by atoms with Crippen LogP contribution in [-0.2, 0) is 0 Å².